The monoisotopic (exact) mass is 340 g/mol. The van der Waals surface area contributed by atoms with Crippen LogP contribution in [0.2, 0.25) is 0 Å². The molecule has 3 saturated carbocycles. The van der Waals surface area contributed by atoms with E-state index in [2.05, 4.69) is 32.0 Å². The van der Waals surface area contributed by atoms with Gasteiger partial charge in [0.1, 0.15) is 5.75 Å². The molecule has 5 rings (SSSR count). The van der Waals surface area contributed by atoms with Crippen molar-refractivity contribution in [2.24, 2.45) is 22.2 Å². The number of methoxy groups -OCH3 is 1. The van der Waals surface area contributed by atoms with Crippen LogP contribution in [-0.2, 0) is 6.42 Å². The molecule has 1 aromatic carbocycles. The Hall–Kier alpha value is -1.02. The van der Waals surface area contributed by atoms with Crippen LogP contribution in [0.15, 0.2) is 18.2 Å². The molecule has 4 atom stereocenters. The van der Waals surface area contributed by atoms with Crippen LogP contribution in [0, 0.1) is 22.2 Å². The zero-order valence-corrected chi connectivity index (χ0v) is 16.0. The first-order valence-corrected chi connectivity index (χ1v) is 10.3. The number of hydrogen-bond acceptors (Lipinski definition) is 2. The van der Waals surface area contributed by atoms with Crippen molar-refractivity contribution in [1.82, 2.24) is 0 Å². The van der Waals surface area contributed by atoms with Crippen molar-refractivity contribution < 1.29 is 9.84 Å². The van der Waals surface area contributed by atoms with Gasteiger partial charge in [-0.2, -0.15) is 0 Å². The topological polar surface area (TPSA) is 29.5 Å². The van der Waals surface area contributed by atoms with Crippen molar-refractivity contribution in [3.63, 3.8) is 0 Å². The van der Waals surface area contributed by atoms with E-state index < -0.39 is 0 Å². The normalized spacial score (nSPS) is 45.4. The molecule has 2 heteroatoms. The van der Waals surface area contributed by atoms with Crippen molar-refractivity contribution in [1.29, 1.82) is 0 Å². The minimum absolute atomic E-state index is 0.154. The van der Waals surface area contributed by atoms with Crippen molar-refractivity contribution in [3.05, 3.63) is 29.3 Å². The van der Waals surface area contributed by atoms with E-state index in [0.717, 1.165) is 17.6 Å². The Morgan fingerprint density at radius 1 is 1.12 bits per heavy atom. The van der Waals surface area contributed by atoms with Gasteiger partial charge in [-0.3, -0.25) is 0 Å². The third kappa shape index (κ3) is 1.71. The number of ether oxygens (including phenoxy) is 1. The number of fused-ring (bicyclic) bond motifs is 3. The highest BCUT2D eigenvalue weighted by atomic mass is 16.5. The van der Waals surface area contributed by atoms with Gasteiger partial charge in [-0.25, -0.2) is 0 Å². The largest absolute Gasteiger partial charge is 0.497 e. The third-order valence-corrected chi connectivity index (χ3v) is 9.66. The smallest absolute Gasteiger partial charge is 0.119 e. The van der Waals surface area contributed by atoms with Crippen molar-refractivity contribution in [3.8, 4) is 5.75 Å². The van der Waals surface area contributed by atoms with Gasteiger partial charge < -0.3 is 9.84 Å². The van der Waals surface area contributed by atoms with Gasteiger partial charge in [-0.1, -0.05) is 13.0 Å². The van der Waals surface area contributed by atoms with Gasteiger partial charge in [0.05, 0.1) is 13.2 Å². The molecule has 4 aliphatic rings. The second-order valence-electron chi connectivity index (χ2n) is 9.68. The molecule has 0 saturated heterocycles. The fraction of sp³-hybridized carbons (Fsp3) is 0.739. The van der Waals surface area contributed by atoms with Crippen molar-refractivity contribution >= 4 is 0 Å². The molecule has 0 heterocycles. The summed E-state index contributed by atoms with van der Waals surface area (Å²) < 4.78 is 5.46. The number of hydrogen-bond donors (Lipinski definition) is 1. The predicted molar refractivity (Wildman–Crippen MR) is 99.9 cm³/mol. The summed E-state index contributed by atoms with van der Waals surface area (Å²) in [5.41, 5.74) is 4.15. The summed E-state index contributed by atoms with van der Waals surface area (Å²) in [5.74, 6) is 2.55. The molecule has 25 heavy (non-hydrogen) atoms. The van der Waals surface area contributed by atoms with Gasteiger partial charge in [0.15, 0.2) is 0 Å². The second kappa shape index (κ2) is 5.03. The van der Waals surface area contributed by atoms with Crippen LogP contribution in [0.4, 0.5) is 0 Å². The molecule has 1 unspecified atom stereocenters. The molecule has 0 radical (unpaired) electrons. The second-order valence-corrected chi connectivity index (χ2v) is 9.68. The Kier molecular flexibility index (Phi) is 3.25. The Balaban J connectivity index is 1.57. The standard InChI is InChI=1S/C23H32O2/c1-15(24)22-10-12-23(13-11-22)20-7-4-16-14-17(25-3)5-6-18(16)19(20)8-9-21(22,23)2/h5-6,14-15,19-20,24H,4,7-13H2,1-3H3/t15?,19-,20-,21-,22?,23?/m1/s1. The van der Waals surface area contributed by atoms with Gasteiger partial charge in [0.25, 0.3) is 0 Å². The zero-order valence-electron chi connectivity index (χ0n) is 16.0. The molecule has 0 aromatic heterocycles. The van der Waals surface area contributed by atoms with E-state index in [1.165, 1.54) is 56.9 Å². The molecule has 0 amide bonds. The lowest BCUT2D eigenvalue weighted by atomic mass is 9.46. The van der Waals surface area contributed by atoms with Gasteiger partial charge in [0.2, 0.25) is 0 Å². The fourth-order valence-corrected chi connectivity index (χ4v) is 8.38. The molecule has 1 aromatic rings. The highest BCUT2D eigenvalue weighted by Crippen LogP contribution is 2.81. The van der Waals surface area contributed by atoms with E-state index in [-0.39, 0.29) is 11.5 Å². The molecule has 2 bridgehead atoms. The molecule has 0 spiro atoms. The lowest BCUT2D eigenvalue weighted by molar-refractivity contribution is -0.0927. The fourth-order valence-electron chi connectivity index (χ4n) is 8.38. The number of aliphatic hydroxyl groups is 1. The molecular weight excluding hydrogens is 308 g/mol. The molecule has 2 nitrogen and oxygen atoms in total. The maximum Gasteiger partial charge on any atom is 0.119 e. The summed E-state index contributed by atoms with van der Waals surface area (Å²) in [7, 11) is 1.77. The molecule has 4 aliphatic carbocycles. The zero-order chi connectivity index (χ0) is 17.4. The SMILES string of the molecule is COc1ccc2c(c1)CC[C@@H]1[C@@H]2CC[C@]2(C)C3(C(C)O)CCC12CC3. The van der Waals surface area contributed by atoms with E-state index in [4.69, 9.17) is 4.74 Å². The van der Waals surface area contributed by atoms with Gasteiger partial charge in [-0.15, -0.1) is 0 Å². The quantitative estimate of drug-likeness (QED) is 0.813. The van der Waals surface area contributed by atoms with E-state index in [0.29, 0.717) is 10.8 Å². The van der Waals surface area contributed by atoms with Gasteiger partial charge >= 0.3 is 0 Å². The Labute approximate surface area is 152 Å². The van der Waals surface area contributed by atoms with Gasteiger partial charge in [-0.05, 0) is 104 Å². The third-order valence-electron chi connectivity index (χ3n) is 9.66. The summed E-state index contributed by atoms with van der Waals surface area (Å²) in [4.78, 5) is 0. The minimum atomic E-state index is -0.154. The summed E-state index contributed by atoms with van der Waals surface area (Å²) >= 11 is 0. The number of benzene rings is 1. The van der Waals surface area contributed by atoms with E-state index in [9.17, 15) is 5.11 Å². The number of rotatable bonds is 2. The van der Waals surface area contributed by atoms with E-state index >= 15 is 0 Å². The summed E-state index contributed by atoms with van der Waals surface area (Å²) in [6.07, 6.45) is 10.2. The molecule has 0 aliphatic heterocycles. The Morgan fingerprint density at radius 2 is 1.88 bits per heavy atom. The molecule has 3 fully saturated rings. The summed E-state index contributed by atoms with van der Waals surface area (Å²) in [6.45, 7) is 4.63. The van der Waals surface area contributed by atoms with Crippen LogP contribution in [0.1, 0.15) is 75.8 Å². The van der Waals surface area contributed by atoms with Crippen molar-refractivity contribution in [2.75, 3.05) is 7.11 Å². The highest BCUT2D eigenvalue weighted by molar-refractivity contribution is 5.42. The maximum absolute atomic E-state index is 10.7. The predicted octanol–water partition coefficient (Wildman–Crippen LogP) is 5.08. The highest BCUT2D eigenvalue weighted by Gasteiger charge is 2.74. The Bertz CT molecular complexity index is 698. The first kappa shape index (κ1) is 16.2. The van der Waals surface area contributed by atoms with Crippen LogP contribution >= 0.6 is 0 Å². The van der Waals surface area contributed by atoms with Gasteiger partial charge in [0, 0.05) is 5.41 Å². The van der Waals surface area contributed by atoms with E-state index in [1.807, 2.05) is 0 Å². The van der Waals surface area contributed by atoms with Crippen LogP contribution in [0.25, 0.3) is 0 Å². The van der Waals surface area contributed by atoms with Crippen molar-refractivity contribution in [2.45, 2.75) is 77.2 Å². The van der Waals surface area contributed by atoms with Crippen LogP contribution in [0.3, 0.4) is 0 Å². The number of aliphatic hydroxyl groups excluding tert-OH is 1. The first-order chi connectivity index (χ1) is 12.0. The molecule has 136 valence electrons. The first-order valence-electron chi connectivity index (χ1n) is 10.3. The minimum Gasteiger partial charge on any atom is -0.497 e. The lowest BCUT2D eigenvalue weighted by Crippen LogP contribution is -2.52. The summed E-state index contributed by atoms with van der Waals surface area (Å²) in [6, 6.07) is 6.80. The van der Waals surface area contributed by atoms with Crippen LogP contribution in [0.5, 0.6) is 5.75 Å². The average molecular weight is 341 g/mol. The lowest BCUT2D eigenvalue weighted by Gasteiger charge is -2.58. The molecule has 1 N–H and O–H groups in total. The average Bonchev–Trinajstić information content (AvgIpc) is 3.06. The summed E-state index contributed by atoms with van der Waals surface area (Å²) in [5, 5.41) is 10.7. The Morgan fingerprint density at radius 3 is 2.56 bits per heavy atom. The maximum atomic E-state index is 10.7. The van der Waals surface area contributed by atoms with Crippen LogP contribution in [-0.4, -0.2) is 18.3 Å². The number of aryl methyl sites for hydroxylation is 1. The van der Waals surface area contributed by atoms with Crippen LogP contribution < -0.4 is 4.74 Å². The van der Waals surface area contributed by atoms with E-state index in [1.54, 1.807) is 12.7 Å². The molecular formula is C23H32O2.